The van der Waals surface area contributed by atoms with Crippen LogP contribution in [0.15, 0.2) is 24.5 Å². The van der Waals surface area contributed by atoms with E-state index >= 15 is 0 Å². The highest BCUT2D eigenvalue weighted by Gasteiger charge is 2.29. The van der Waals surface area contributed by atoms with E-state index in [1.807, 2.05) is 0 Å². The second kappa shape index (κ2) is 3.67. The van der Waals surface area contributed by atoms with E-state index in [0.29, 0.717) is 0 Å². The first-order valence-electron chi connectivity index (χ1n) is 2.91. The number of carboxylic acids is 1. The molecular formula is C6H9O5P. The van der Waals surface area contributed by atoms with Gasteiger partial charge in [-0.25, -0.2) is 0 Å². The van der Waals surface area contributed by atoms with Gasteiger partial charge in [0.2, 0.25) is 0 Å². The molecule has 0 aromatic heterocycles. The second-order valence-corrected chi connectivity index (χ2v) is 3.75. The first-order chi connectivity index (χ1) is 5.30. The van der Waals surface area contributed by atoms with E-state index in [4.69, 9.17) is 14.9 Å². The Hall–Kier alpha value is -0.900. The molecule has 68 valence electrons. The van der Waals surface area contributed by atoms with Crippen molar-refractivity contribution in [3.63, 3.8) is 0 Å². The molecule has 6 heteroatoms. The van der Waals surface area contributed by atoms with Gasteiger partial charge < -0.3 is 14.9 Å². The van der Waals surface area contributed by atoms with E-state index in [1.165, 1.54) is 0 Å². The van der Waals surface area contributed by atoms with Gasteiger partial charge in [-0.15, -0.1) is 6.58 Å². The van der Waals surface area contributed by atoms with Gasteiger partial charge in [-0.3, -0.25) is 9.36 Å². The highest BCUT2D eigenvalue weighted by Crippen LogP contribution is 2.47. The molecule has 5 nitrogen and oxygen atoms in total. The Bertz CT molecular complexity index is 263. The second-order valence-electron chi connectivity index (χ2n) is 2.09. The molecular weight excluding hydrogens is 183 g/mol. The van der Waals surface area contributed by atoms with Gasteiger partial charge in [0.25, 0.3) is 0 Å². The van der Waals surface area contributed by atoms with Crippen molar-refractivity contribution in [2.24, 2.45) is 5.92 Å². The molecule has 0 amide bonds. The molecule has 0 radical (unpaired) electrons. The Labute approximate surface area is 69.2 Å². The van der Waals surface area contributed by atoms with Gasteiger partial charge in [-0.1, -0.05) is 12.7 Å². The van der Waals surface area contributed by atoms with Crippen molar-refractivity contribution in [1.29, 1.82) is 0 Å². The van der Waals surface area contributed by atoms with Crippen LogP contribution in [0.1, 0.15) is 0 Å². The Balaban J connectivity index is 4.79. The van der Waals surface area contributed by atoms with Gasteiger partial charge in [0.1, 0.15) is 5.92 Å². The van der Waals surface area contributed by atoms with Crippen LogP contribution in [-0.4, -0.2) is 20.9 Å². The molecule has 12 heavy (non-hydrogen) atoms. The first-order valence-corrected chi connectivity index (χ1v) is 4.52. The standard InChI is InChI=1S/C6H9O5P/c1-3-5(6(7)8)4(2)12(9,10)11/h3,5H,1-2H2,(H,7,8)(H2,9,10,11). The number of aliphatic carboxylic acids is 1. The summed E-state index contributed by atoms with van der Waals surface area (Å²) in [6.07, 6.45) is 0.920. The highest BCUT2D eigenvalue weighted by molar-refractivity contribution is 7.56. The van der Waals surface area contributed by atoms with Crippen molar-refractivity contribution in [2.75, 3.05) is 0 Å². The summed E-state index contributed by atoms with van der Waals surface area (Å²) < 4.78 is 10.5. The lowest BCUT2D eigenvalue weighted by Gasteiger charge is -2.11. The first kappa shape index (κ1) is 11.1. The number of hydrogen-bond acceptors (Lipinski definition) is 2. The molecule has 0 bridgehead atoms. The van der Waals surface area contributed by atoms with E-state index in [-0.39, 0.29) is 0 Å². The molecule has 0 aromatic rings. The molecule has 0 aliphatic carbocycles. The van der Waals surface area contributed by atoms with Gasteiger partial charge in [0.05, 0.1) is 5.31 Å². The molecule has 0 saturated heterocycles. The summed E-state index contributed by atoms with van der Waals surface area (Å²) in [5, 5.41) is 7.78. The summed E-state index contributed by atoms with van der Waals surface area (Å²) in [7, 11) is -4.53. The zero-order chi connectivity index (χ0) is 9.94. The number of rotatable bonds is 4. The fourth-order valence-corrected chi connectivity index (χ4v) is 1.14. The monoisotopic (exact) mass is 192 g/mol. The molecule has 0 saturated carbocycles. The lowest BCUT2D eigenvalue weighted by molar-refractivity contribution is -0.138. The van der Waals surface area contributed by atoms with Crippen LogP contribution >= 0.6 is 7.60 Å². The van der Waals surface area contributed by atoms with E-state index in [9.17, 15) is 9.36 Å². The normalized spacial score (nSPS) is 13.5. The Morgan fingerprint density at radius 3 is 2.00 bits per heavy atom. The third-order valence-corrected chi connectivity index (χ3v) is 2.26. The third kappa shape index (κ3) is 2.62. The molecule has 0 spiro atoms. The zero-order valence-electron chi connectivity index (χ0n) is 6.17. The van der Waals surface area contributed by atoms with Gasteiger partial charge >= 0.3 is 13.6 Å². The minimum absolute atomic E-state index is 0.648. The summed E-state index contributed by atoms with van der Waals surface area (Å²) in [6, 6.07) is 0. The topological polar surface area (TPSA) is 94.8 Å². The Morgan fingerprint density at radius 2 is 1.92 bits per heavy atom. The van der Waals surface area contributed by atoms with Crippen molar-refractivity contribution < 1.29 is 24.3 Å². The Kier molecular flexibility index (Phi) is 3.39. The van der Waals surface area contributed by atoms with Crippen molar-refractivity contribution in [3.8, 4) is 0 Å². The predicted molar refractivity (Wildman–Crippen MR) is 42.5 cm³/mol. The number of hydrogen-bond donors (Lipinski definition) is 3. The van der Waals surface area contributed by atoms with Crippen LogP contribution in [0.25, 0.3) is 0 Å². The van der Waals surface area contributed by atoms with Gasteiger partial charge in [-0.05, 0) is 0 Å². The average molecular weight is 192 g/mol. The molecule has 0 fully saturated rings. The minimum atomic E-state index is -4.53. The van der Waals surface area contributed by atoms with Crippen molar-refractivity contribution in [2.45, 2.75) is 0 Å². The third-order valence-electron chi connectivity index (χ3n) is 1.23. The maximum absolute atomic E-state index is 10.5. The Morgan fingerprint density at radius 1 is 1.50 bits per heavy atom. The van der Waals surface area contributed by atoms with E-state index in [0.717, 1.165) is 6.08 Å². The molecule has 1 atom stereocenters. The van der Waals surface area contributed by atoms with Crippen LogP contribution in [0.2, 0.25) is 0 Å². The highest BCUT2D eigenvalue weighted by atomic mass is 31.2. The summed E-state index contributed by atoms with van der Waals surface area (Å²) in [5.74, 6) is -2.77. The summed E-state index contributed by atoms with van der Waals surface area (Å²) >= 11 is 0. The smallest absolute Gasteiger partial charge is 0.352 e. The number of carboxylic acid groups (broad SMARTS) is 1. The average Bonchev–Trinajstić information content (AvgIpc) is 1.86. The lowest BCUT2D eigenvalue weighted by atomic mass is 10.1. The zero-order valence-corrected chi connectivity index (χ0v) is 7.07. The maximum atomic E-state index is 10.5. The van der Waals surface area contributed by atoms with Crippen molar-refractivity contribution in [1.82, 2.24) is 0 Å². The number of carbonyl (C=O) groups is 1. The molecule has 1 unspecified atom stereocenters. The largest absolute Gasteiger partial charge is 0.481 e. The van der Waals surface area contributed by atoms with Crippen molar-refractivity contribution in [3.05, 3.63) is 24.5 Å². The summed E-state index contributed by atoms with van der Waals surface area (Å²) in [5.41, 5.74) is 0. The van der Waals surface area contributed by atoms with E-state index < -0.39 is 24.8 Å². The van der Waals surface area contributed by atoms with Gasteiger partial charge in [0, 0.05) is 0 Å². The minimum Gasteiger partial charge on any atom is -0.481 e. The molecule has 0 aliphatic rings. The molecule has 3 N–H and O–H groups in total. The van der Waals surface area contributed by atoms with Crippen LogP contribution in [-0.2, 0) is 9.36 Å². The molecule has 0 aliphatic heterocycles. The van der Waals surface area contributed by atoms with Gasteiger partial charge in [0.15, 0.2) is 0 Å². The lowest BCUT2D eigenvalue weighted by Crippen LogP contribution is -2.12. The van der Waals surface area contributed by atoms with Crippen LogP contribution in [0.5, 0.6) is 0 Å². The van der Waals surface area contributed by atoms with Gasteiger partial charge in [-0.2, -0.15) is 0 Å². The van der Waals surface area contributed by atoms with E-state index in [1.54, 1.807) is 0 Å². The summed E-state index contributed by atoms with van der Waals surface area (Å²) in [6.45, 7) is 6.14. The van der Waals surface area contributed by atoms with Crippen LogP contribution in [0.4, 0.5) is 0 Å². The SMILES string of the molecule is C=CC(C(=C)P(=O)(O)O)C(=O)O. The van der Waals surface area contributed by atoms with Crippen molar-refractivity contribution >= 4 is 13.6 Å². The fraction of sp³-hybridized carbons (Fsp3) is 0.167. The maximum Gasteiger partial charge on any atom is 0.352 e. The van der Waals surface area contributed by atoms with Crippen LogP contribution < -0.4 is 0 Å². The molecule has 0 aromatic carbocycles. The predicted octanol–water partition coefficient (Wildman–Crippen LogP) is 0.565. The van der Waals surface area contributed by atoms with Crippen LogP contribution in [0.3, 0.4) is 0 Å². The van der Waals surface area contributed by atoms with Crippen LogP contribution in [0, 0.1) is 5.92 Å². The summed E-state index contributed by atoms with van der Waals surface area (Å²) in [4.78, 5) is 27.4. The fourth-order valence-electron chi connectivity index (χ4n) is 0.561. The molecule has 0 heterocycles. The van der Waals surface area contributed by atoms with E-state index in [2.05, 4.69) is 13.2 Å². The quantitative estimate of drug-likeness (QED) is 0.447. The molecule has 0 rings (SSSR count).